The summed E-state index contributed by atoms with van der Waals surface area (Å²) in [5, 5.41) is 13.1. The Kier molecular flexibility index (Phi) is 5.76. The van der Waals surface area contributed by atoms with Crippen molar-refractivity contribution in [1.82, 2.24) is 5.32 Å². The van der Waals surface area contributed by atoms with Gasteiger partial charge in [-0.1, -0.05) is 13.0 Å². The Morgan fingerprint density at radius 3 is 2.63 bits per heavy atom. The summed E-state index contributed by atoms with van der Waals surface area (Å²) in [5.41, 5.74) is 0.670. The van der Waals surface area contributed by atoms with Crippen LogP contribution in [0.15, 0.2) is 18.2 Å². The van der Waals surface area contributed by atoms with E-state index in [1.807, 2.05) is 18.0 Å². The molecule has 19 heavy (non-hydrogen) atoms. The van der Waals surface area contributed by atoms with Crippen molar-refractivity contribution in [3.8, 4) is 0 Å². The zero-order valence-corrected chi connectivity index (χ0v) is 12.3. The van der Waals surface area contributed by atoms with Gasteiger partial charge in [-0.2, -0.15) is 0 Å². The van der Waals surface area contributed by atoms with Gasteiger partial charge in [-0.25, -0.2) is 4.39 Å². The van der Waals surface area contributed by atoms with E-state index >= 15 is 0 Å². The molecule has 4 heteroatoms. The van der Waals surface area contributed by atoms with Crippen LogP contribution in [0.3, 0.4) is 0 Å². The first-order valence-electron chi connectivity index (χ1n) is 6.76. The van der Waals surface area contributed by atoms with Crippen LogP contribution in [0.2, 0.25) is 0 Å². The van der Waals surface area contributed by atoms with Gasteiger partial charge in [0.2, 0.25) is 0 Å². The van der Waals surface area contributed by atoms with Crippen LogP contribution in [0.5, 0.6) is 0 Å². The first-order valence-corrected chi connectivity index (χ1v) is 6.76. The maximum absolute atomic E-state index is 13.9. The molecule has 0 bridgehead atoms. The van der Waals surface area contributed by atoms with Crippen molar-refractivity contribution in [1.29, 1.82) is 0 Å². The van der Waals surface area contributed by atoms with Crippen LogP contribution in [0.4, 0.5) is 10.1 Å². The Hall–Kier alpha value is -1.13. The first kappa shape index (κ1) is 15.9. The number of nitrogens with one attached hydrogen (secondary N) is 1. The van der Waals surface area contributed by atoms with Crippen molar-refractivity contribution < 1.29 is 9.50 Å². The summed E-state index contributed by atoms with van der Waals surface area (Å²) in [6.07, 6.45) is 1.02. The lowest BCUT2D eigenvalue weighted by molar-refractivity contribution is 0.0885. The number of likely N-dealkylation sites (N-methyl/N-ethyl adjacent to an activating group) is 1. The van der Waals surface area contributed by atoms with Gasteiger partial charge in [-0.05, 0) is 38.9 Å². The van der Waals surface area contributed by atoms with Gasteiger partial charge in [0.15, 0.2) is 0 Å². The van der Waals surface area contributed by atoms with E-state index in [0.717, 1.165) is 18.7 Å². The summed E-state index contributed by atoms with van der Waals surface area (Å²) in [7, 11) is 1.87. The Morgan fingerprint density at radius 1 is 1.37 bits per heavy atom. The van der Waals surface area contributed by atoms with Gasteiger partial charge in [-0.15, -0.1) is 0 Å². The van der Waals surface area contributed by atoms with Crippen molar-refractivity contribution in [3.05, 3.63) is 29.6 Å². The lowest BCUT2D eigenvalue weighted by atomic mass is 10.1. The SMILES string of the molecule is CCCNCc1c(F)cccc1N(C)CC(C)(C)O. The average molecular weight is 268 g/mol. The zero-order chi connectivity index (χ0) is 14.5. The van der Waals surface area contributed by atoms with Gasteiger partial charge in [0, 0.05) is 31.4 Å². The number of nitrogens with zero attached hydrogens (tertiary/aromatic N) is 1. The Morgan fingerprint density at radius 2 is 2.05 bits per heavy atom. The molecule has 0 saturated heterocycles. The second kappa shape index (κ2) is 6.87. The molecule has 1 rings (SSSR count). The largest absolute Gasteiger partial charge is 0.389 e. The van der Waals surface area contributed by atoms with Gasteiger partial charge in [0.25, 0.3) is 0 Å². The maximum Gasteiger partial charge on any atom is 0.129 e. The molecule has 0 aliphatic carbocycles. The molecule has 0 atom stereocenters. The highest BCUT2D eigenvalue weighted by molar-refractivity contribution is 5.54. The first-order chi connectivity index (χ1) is 8.85. The molecule has 0 aliphatic rings. The molecule has 108 valence electrons. The fourth-order valence-electron chi connectivity index (χ4n) is 2.14. The normalized spacial score (nSPS) is 11.7. The molecular weight excluding hydrogens is 243 g/mol. The minimum absolute atomic E-state index is 0.205. The molecule has 0 amide bonds. The minimum Gasteiger partial charge on any atom is -0.389 e. The lowest BCUT2D eigenvalue weighted by Crippen LogP contribution is -2.37. The summed E-state index contributed by atoms with van der Waals surface area (Å²) in [6, 6.07) is 5.07. The van der Waals surface area contributed by atoms with Gasteiger partial charge >= 0.3 is 0 Å². The van der Waals surface area contributed by atoms with E-state index in [1.165, 1.54) is 6.07 Å². The summed E-state index contributed by atoms with van der Waals surface area (Å²) in [5.74, 6) is -0.205. The fraction of sp³-hybridized carbons (Fsp3) is 0.600. The van der Waals surface area contributed by atoms with Crippen LogP contribution in [0.25, 0.3) is 0 Å². The van der Waals surface area contributed by atoms with E-state index in [1.54, 1.807) is 19.9 Å². The molecular formula is C15H25FN2O. The molecule has 0 aliphatic heterocycles. The van der Waals surface area contributed by atoms with Crippen LogP contribution in [-0.4, -0.2) is 30.8 Å². The van der Waals surface area contributed by atoms with Crippen molar-refractivity contribution in [2.75, 3.05) is 25.0 Å². The molecule has 0 fully saturated rings. The highest BCUT2D eigenvalue weighted by Crippen LogP contribution is 2.23. The second-order valence-corrected chi connectivity index (χ2v) is 5.58. The highest BCUT2D eigenvalue weighted by Gasteiger charge is 2.19. The van der Waals surface area contributed by atoms with Crippen molar-refractivity contribution in [2.45, 2.75) is 39.3 Å². The number of anilines is 1. The highest BCUT2D eigenvalue weighted by atomic mass is 19.1. The molecule has 0 unspecified atom stereocenters. The van der Waals surface area contributed by atoms with Gasteiger partial charge in [0.1, 0.15) is 5.82 Å². The summed E-state index contributed by atoms with van der Waals surface area (Å²) >= 11 is 0. The predicted molar refractivity (Wildman–Crippen MR) is 78.0 cm³/mol. The summed E-state index contributed by atoms with van der Waals surface area (Å²) in [6.45, 7) is 7.40. The van der Waals surface area contributed by atoms with Crippen LogP contribution >= 0.6 is 0 Å². The number of halogens is 1. The van der Waals surface area contributed by atoms with Crippen LogP contribution in [0.1, 0.15) is 32.8 Å². The zero-order valence-electron chi connectivity index (χ0n) is 12.3. The van der Waals surface area contributed by atoms with E-state index in [9.17, 15) is 9.50 Å². The number of benzene rings is 1. The van der Waals surface area contributed by atoms with Crippen LogP contribution < -0.4 is 10.2 Å². The Balaban J connectivity index is 2.89. The van der Waals surface area contributed by atoms with E-state index in [-0.39, 0.29) is 5.82 Å². The molecule has 1 aromatic carbocycles. The number of aliphatic hydroxyl groups is 1. The number of hydrogen-bond acceptors (Lipinski definition) is 3. The third-order valence-corrected chi connectivity index (χ3v) is 2.86. The quantitative estimate of drug-likeness (QED) is 0.746. The van der Waals surface area contributed by atoms with E-state index in [2.05, 4.69) is 12.2 Å². The minimum atomic E-state index is -0.810. The maximum atomic E-state index is 13.9. The Bertz CT molecular complexity index is 402. The molecule has 0 saturated carbocycles. The third kappa shape index (κ3) is 5.17. The lowest BCUT2D eigenvalue weighted by Gasteiger charge is -2.29. The van der Waals surface area contributed by atoms with E-state index in [0.29, 0.717) is 18.7 Å². The fourth-order valence-corrected chi connectivity index (χ4v) is 2.14. The molecule has 3 nitrogen and oxygen atoms in total. The van der Waals surface area contributed by atoms with E-state index in [4.69, 9.17) is 0 Å². The standard InChI is InChI=1S/C15H25FN2O/c1-5-9-17-10-12-13(16)7-6-8-14(12)18(4)11-15(2,3)19/h6-8,17,19H,5,9-11H2,1-4H3. The number of rotatable bonds is 7. The third-order valence-electron chi connectivity index (χ3n) is 2.86. The molecule has 1 aromatic rings. The molecule has 0 radical (unpaired) electrons. The van der Waals surface area contributed by atoms with E-state index < -0.39 is 5.60 Å². The van der Waals surface area contributed by atoms with Gasteiger partial charge in [0.05, 0.1) is 5.60 Å². The van der Waals surface area contributed by atoms with Crippen molar-refractivity contribution in [3.63, 3.8) is 0 Å². The summed E-state index contributed by atoms with van der Waals surface area (Å²) in [4.78, 5) is 1.89. The second-order valence-electron chi connectivity index (χ2n) is 5.58. The predicted octanol–water partition coefficient (Wildman–Crippen LogP) is 2.53. The smallest absolute Gasteiger partial charge is 0.129 e. The van der Waals surface area contributed by atoms with Gasteiger partial charge < -0.3 is 15.3 Å². The van der Waals surface area contributed by atoms with Crippen LogP contribution in [0, 0.1) is 5.82 Å². The molecule has 2 N–H and O–H groups in total. The van der Waals surface area contributed by atoms with Crippen LogP contribution in [-0.2, 0) is 6.54 Å². The number of hydrogen-bond donors (Lipinski definition) is 2. The van der Waals surface area contributed by atoms with Gasteiger partial charge in [-0.3, -0.25) is 0 Å². The van der Waals surface area contributed by atoms with Crippen molar-refractivity contribution in [2.24, 2.45) is 0 Å². The molecule has 0 spiro atoms. The average Bonchev–Trinajstić information content (AvgIpc) is 2.29. The van der Waals surface area contributed by atoms with Crippen molar-refractivity contribution >= 4 is 5.69 Å². The topological polar surface area (TPSA) is 35.5 Å². The monoisotopic (exact) mass is 268 g/mol. The molecule has 0 heterocycles. The Labute approximate surface area is 115 Å². The molecule has 0 aromatic heterocycles. The summed E-state index contributed by atoms with van der Waals surface area (Å²) < 4.78 is 13.9.